The van der Waals surface area contributed by atoms with Crippen molar-refractivity contribution >= 4 is 46.7 Å². The molecule has 3 rings (SSSR count). The molecule has 0 radical (unpaired) electrons. The summed E-state index contributed by atoms with van der Waals surface area (Å²) in [5.41, 5.74) is -1.10. The van der Waals surface area contributed by atoms with Crippen LogP contribution in [0.5, 0.6) is 0 Å². The number of anilines is 1. The average molecular weight is 463 g/mol. The first-order chi connectivity index (χ1) is 14.7. The molecule has 1 aliphatic rings. The molecular formula is C21H17Cl2FN4O3. The van der Waals surface area contributed by atoms with E-state index in [2.05, 4.69) is 5.32 Å². The lowest BCUT2D eigenvalue weighted by Crippen LogP contribution is -2.45. The molecule has 2 aromatic carbocycles. The number of nitrogens with one attached hydrogen (secondary N) is 1. The molecule has 0 aromatic heterocycles. The summed E-state index contributed by atoms with van der Waals surface area (Å²) in [6, 6.07) is 11.2. The van der Waals surface area contributed by atoms with Crippen LogP contribution in [-0.2, 0) is 15.1 Å². The summed E-state index contributed by atoms with van der Waals surface area (Å²) in [6.45, 7) is 0.771. The number of hydrogen-bond donors (Lipinski definition) is 1. The second-order valence-electron chi connectivity index (χ2n) is 6.98. The minimum absolute atomic E-state index is 0.0398. The number of benzene rings is 2. The predicted molar refractivity (Wildman–Crippen MR) is 113 cm³/mol. The summed E-state index contributed by atoms with van der Waals surface area (Å²) in [5.74, 6) is -2.04. The lowest BCUT2D eigenvalue weighted by Gasteiger charge is -2.25. The van der Waals surface area contributed by atoms with Gasteiger partial charge in [0.1, 0.15) is 17.9 Å². The third kappa shape index (κ3) is 4.33. The van der Waals surface area contributed by atoms with Gasteiger partial charge < -0.3 is 10.2 Å². The van der Waals surface area contributed by atoms with E-state index in [0.29, 0.717) is 5.56 Å². The van der Waals surface area contributed by atoms with Gasteiger partial charge in [0, 0.05) is 6.54 Å². The molecule has 1 unspecified atom stereocenters. The van der Waals surface area contributed by atoms with E-state index in [0.717, 1.165) is 9.80 Å². The van der Waals surface area contributed by atoms with Crippen molar-refractivity contribution in [1.29, 1.82) is 5.26 Å². The highest BCUT2D eigenvalue weighted by Gasteiger charge is 2.50. The Balaban J connectivity index is 1.87. The van der Waals surface area contributed by atoms with E-state index in [1.54, 1.807) is 12.1 Å². The fraction of sp³-hybridized carbons (Fsp3) is 0.238. The van der Waals surface area contributed by atoms with Gasteiger partial charge in [0.25, 0.3) is 5.91 Å². The fourth-order valence-corrected chi connectivity index (χ4v) is 3.57. The number of imide groups is 1. The van der Waals surface area contributed by atoms with Crippen molar-refractivity contribution in [3.63, 3.8) is 0 Å². The van der Waals surface area contributed by atoms with E-state index in [1.165, 1.54) is 37.3 Å². The van der Waals surface area contributed by atoms with E-state index in [9.17, 15) is 18.8 Å². The zero-order valence-electron chi connectivity index (χ0n) is 16.4. The van der Waals surface area contributed by atoms with Crippen molar-refractivity contribution in [2.45, 2.75) is 18.9 Å². The first-order valence-electron chi connectivity index (χ1n) is 9.20. The minimum Gasteiger partial charge on any atom is -0.319 e. The molecule has 160 valence electrons. The van der Waals surface area contributed by atoms with Gasteiger partial charge in [-0.2, -0.15) is 5.26 Å². The maximum absolute atomic E-state index is 14.2. The molecule has 4 amide bonds. The van der Waals surface area contributed by atoms with Crippen LogP contribution in [-0.4, -0.2) is 35.8 Å². The normalized spacial score (nSPS) is 18.0. The Labute approximate surface area is 187 Å². The van der Waals surface area contributed by atoms with Crippen molar-refractivity contribution in [1.82, 2.24) is 10.2 Å². The summed E-state index contributed by atoms with van der Waals surface area (Å²) in [6.07, 6.45) is -0.0544. The van der Waals surface area contributed by atoms with Gasteiger partial charge in [-0.15, -0.1) is 0 Å². The Bertz CT molecular complexity index is 1100. The second-order valence-corrected chi connectivity index (χ2v) is 7.79. The Hall–Kier alpha value is -3.15. The van der Waals surface area contributed by atoms with E-state index in [4.69, 9.17) is 28.5 Å². The quantitative estimate of drug-likeness (QED) is 0.659. The van der Waals surface area contributed by atoms with E-state index < -0.39 is 35.7 Å². The SMILES string of the molecule is CC1(c2ccc(Cl)c(Cl)c2)NC(=O)N(CC(=O)N(CCC#N)c2ccccc2F)C1=O. The monoisotopic (exact) mass is 462 g/mol. The van der Waals surface area contributed by atoms with E-state index >= 15 is 0 Å². The summed E-state index contributed by atoms with van der Waals surface area (Å²) in [4.78, 5) is 40.4. The average Bonchev–Trinajstić information content (AvgIpc) is 2.95. The Morgan fingerprint density at radius 3 is 2.58 bits per heavy atom. The molecule has 10 heteroatoms. The Morgan fingerprint density at radius 1 is 1.23 bits per heavy atom. The largest absolute Gasteiger partial charge is 0.325 e. The number of rotatable bonds is 6. The fourth-order valence-electron chi connectivity index (χ4n) is 3.28. The first kappa shape index (κ1) is 22.5. The molecular weight excluding hydrogens is 446 g/mol. The van der Waals surface area contributed by atoms with Gasteiger partial charge in [-0.05, 0) is 36.8 Å². The highest BCUT2D eigenvalue weighted by atomic mass is 35.5. The van der Waals surface area contributed by atoms with Crippen molar-refractivity contribution in [3.8, 4) is 6.07 Å². The third-order valence-electron chi connectivity index (χ3n) is 4.96. The van der Waals surface area contributed by atoms with Crippen LogP contribution in [0.3, 0.4) is 0 Å². The van der Waals surface area contributed by atoms with E-state index in [-0.39, 0.29) is 28.7 Å². The molecule has 0 spiro atoms. The predicted octanol–water partition coefficient (Wildman–Crippen LogP) is 3.85. The zero-order valence-corrected chi connectivity index (χ0v) is 17.9. The van der Waals surface area contributed by atoms with E-state index in [1.807, 2.05) is 6.07 Å². The smallest absolute Gasteiger partial charge is 0.319 e. The van der Waals surface area contributed by atoms with Gasteiger partial charge in [-0.1, -0.05) is 41.4 Å². The van der Waals surface area contributed by atoms with Crippen LogP contribution in [0, 0.1) is 17.1 Å². The van der Waals surface area contributed by atoms with Gasteiger partial charge in [0.15, 0.2) is 0 Å². The van der Waals surface area contributed by atoms with Crippen LogP contribution in [0.1, 0.15) is 18.9 Å². The Morgan fingerprint density at radius 2 is 1.94 bits per heavy atom. The number of para-hydroxylation sites is 1. The van der Waals surface area contributed by atoms with Crippen LogP contribution < -0.4 is 10.2 Å². The molecule has 1 N–H and O–H groups in total. The number of nitriles is 1. The number of carbonyl (C=O) groups is 3. The lowest BCUT2D eigenvalue weighted by molar-refractivity contribution is -0.134. The highest BCUT2D eigenvalue weighted by Crippen LogP contribution is 2.33. The van der Waals surface area contributed by atoms with Crippen LogP contribution in [0.15, 0.2) is 42.5 Å². The summed E-state index contributed by atoms with van der Waals surface area (Å²) in [5, 5.41) is 12.0. The zero-order chi connectivity index (χ0) is 22.8. The molecule has 1 heterocycles. The van der Waals surface area contributed by atoms with Gasteiger partial charge in [0.05, 0.1) is 28.2 Å². The van der Waals surface area contributed by atoms with Gasteiger partial charge in [-0.3, -0.25) is 14.5 Å². The Kier molecular flexibility index (Phi) is 6.48. The lowest BCUT2D eigenvalue weighted by atomic mass is 9.92. The molecule has 0 bridgehead atoms. The molecule has 1 atom stereocenters. The molecule has 1 aliphatic heterocycles. The topological polar surface area (TPSA) is 93.5 Å². The minimum atomic E-state index is -1.46. The van der Waals surface area contributed by atoms with Crippen LogP contribution in [0.2, 0.25) is 10.0 Å². The summed E-state index contributed by atoms with van der Waals surface area (Å²) in [7, 11) is 0. The van der Waals surface area contributed by atoms with Gasteiger partial charge in [0.2, 0.25) is 5.91 Å². The molecule has 31 heavy (non-hydrogen) atoms. The second kappa shape index (κ2) is 8.92. The first-order valence-corrected chi connectivity index (χ1v) is 9.96. The maximum atomic E-state index is 14.2. The number of amides is 4. The van der Waals surface area contributed by atoms with Gasteiger partial charge >= 0.3 is 6.03 Å². The van der Waals surface area contributed by atoms with Crippen molar-refractivity contribution < 1.29 is 18.8 Å². The number of carbonyl (C=O) groups excluding carboxylic acids is 3. The van der Waals surface area contributed by atoms with Crippen molar-refractivity contribution in [3.05, 3.63) is 63.9 Å². The van der Waals surface area contributed by atoms with Crippen molar-refractivity contribution in [2.24, 2.45) is 0 Å². The molecule has 1 saturated heterocycles. The third-order valence-corrected chi connectivity index (χ3v) is 5.70. The molecule has 0 aliphatic carbocycles. The number of hydrogen-bond acceptors (Lipinski definition) is 4. The number of nitrogens with zero attached hydrogens (tertiary/aromatic N) is 3. The highest BCUT2D eigenvalue weighted by molar-refractivity contribution is 6.42. The summed E-state index contributed by atoms with van der Waals surface area (Å²) >= 11 is 12.0. The van der Waals surface area contributed by atoms with Crippen LogP contribution in [0.25, 0.3) is 0 Å². The van der Waals surface area contributed by atoms with Crippen LogP contribution in [0.4, 0.5) is 14.9 Å². The van der Waals surface area contributed by atoms with Crippen molar-refractivity contribution in [2.75, 3.05) is 18.0 Å². The number of halogens is 3. The molecule has 1 fully saturated rings. The summed E-state index contributed by atoms with van der Waals surface area (Å²) < 4.78 is 14.2. The number of urea groups is 1. The maximum Gasteiger partial charge on any atom is 0.325 e. The van der Waals surface area contributed by atoms with Crippen LogP contribution >= 0.6 is 23.2 Å². The molecule has 2 aromatic rings. The molecule has 0 saturated carbocycles. The standard InChI is InChI=1S/C21H17Cl2FN4O3/c1-21(13-7-8-14(22)15(23)11-13)19(30)28(20(31)26-21)12-18(29)27(10-4-9-25)17-6-3-2-5-16(17)24/h2-3,5-8,11H,4,10,12H2,1H3,(H,26,31). The van der Waals surface area contributed by atoms with Gasteiger partial charge in [-0.25, -0.2) is 9.18 Å². The molecule has 7 nitrogen and oxygen atoms in total.